The molecule has 1 unspecified atom stereocenters. The van der Waals surface area contributed by atoms with Crippen LogP contribution in [0.25, 0.3) is 0 Å². The third kappa shape index (κ3) is 3.00. The molecule has 0 fully saturated rings. The van der Waals surface area contributed by atoms with Crippen molar-refractivity contribution in [1.29, 1.82) is 0 Å². The Kier molecular flexibility index (Phi) is 3.75. The van der Waals surface area contributed by atoms with E-state index in [0.29, 0.717) is 4.48 Å². The van der Waals surface area contributed by atoms with Gasteiger partial charge < -0.3 is 5.32 Å². The fraction of sp³-hybridized carbons (Fsp3) is 0.471. The van der Waals surface area contributed by atoms with Gasteiger partial charge in [0.15, 0.2) is 12.0 Å². The van der Waals surface area contributed by atoms with E-state index in [1.165, 1.54) is 5.70 Å². The molecule has 0 saturated heterocycles. The maximum absolute atomic E-state index is 12.6. The third-order valence-electron chi connectivity index (χ3n) is 4.68. The quantitative estimate of drug-likeness (QED) is 0.848. The molecule has 124 valence electrons. The third-order valence-corrected chi connectivity index (χ3v) is 4.68. The molecular formula is C17H21F3N3+. The van der Waals surface area contributed by atoms with E-state index in [2.05, 4.69) is 24.2 Å². The highest BCUT2D eigenvalue weighted by molar-refractivity contribution is 5.55. The maximum Gasteiger partial charge on any atom is 0.416 e. The van der Waals surface area contributed by atoms with Crippen LogP contribution in [-0.2, 0) is 12.6 Å². The highest BCUT2D eigenvalue weighted by atomic mass is 19.4. The lowest BCUT2D eigenvalue weighted by molar-refractivity contribution is -0.795. The molecule has 0 spiro atoms. The summed E-state index contributed by atoms with van der Waals surface area (Å²) in [5.74, 6) is 0. The number of nitrogens with zero attached hydrogens (tertiary/aromatic N) is 2. The summed E-state index contributed by atoms with van der Waals surface area (Å²) in [5.41, 5.74) is 1.31. The predicted molar refractivity (Wildman–Crippen MR) is 83.8 cm³/mol. The van der Waals surface area contributed by atoms with E-state index in [1.54, 1.807) is 12.1 Å². The molecule has 2 aliphatic rings. The standard InChI is InChI=1S/C17H21F3N3/c1-16(2)15-11-21-8-10-23(15,12-22-16)9-7-13-3-5-14(6-4-13)17(18,19)20/h3-6,11-12,21H,7-10H2,1-2H3/q+1. The number of halogens is 3. The molecule has 1 aromatic carbocycles. The molecule has 2 heterocycles. The average molecular weight is 324 g/mol. The van der Waals surface area contributed by atoms with Crippen LogP contribution in [0.3, 0.4) is 0 Å². The van der Waals surface area contributed by atoms with Gasteiger partial charge in [-0.3, -0.25) is 0 Å². The smallest absolute Gasteiger partial charge is 0.381 e. The van der Waals surface area contributed by atoms with E-state index >= 15 is 0 Å². The van der Waals surface area contributed by atoms with Gasteiger partial charge in [-0.25, -0.2) is 9.48 Å². The number of nitrogens with one attached hydrogen (secondary N) is 1. The first kappa shape index (κ1) is 16.1. The molecule has 0 aliphatic carbocycles. The number of fused-ring (bicyclic) bond motifs is 1. The summed E-state index contributed by atoms with van der Waals surface area (Å²) in [7, 11) is 0. The molecule has 2 aliphatic heterocycles. The Balaban J connectivity index is 1.74. The van der Waals surface area contributed by atoms with Crippen molar-refractivity contribution in [3.05, 3.63) is 47.3 Å². The van der Waals surface area contributed by atoms with Crippen molar-refractivity contribution in [3.63, 3.8) is 0 Å². The topological polar surface area (TPSA) is 24.4 Å². The Morgan fingerprint density at radius 1 is 1.22 bits per heavy atom. The van der Waals surface area contributed by atoms with Crippen LogP contribution in [0.2, 0.25) is 0 Å². The van der Waals surface area contributed by atoms with Crippen LogP contribution >= 0.6 is 0 Å². The first-order chi connectivity index (χ1) is 10.7. The first-order valence-corrected chi connectivity index (χ1v) is 7.77. The Labute approximate surface area is 134 Å². The Morgan fingerprint density at radius 3 is 2.57 bits per heavy atom. The van der Waals surface area contributed by atoms with Crippen LogP contribution in [0.15, 0.2) is 41.2 Å². The zero-order valence-electron chi connectivity index (χ0n) is 13.3. The molecule has 1 N–H and O–H groups in total. The van der Waals surface area contributed by atoms with Crippen LogP contribution in [0.1, 0.15) is 25.0 Å². The maximum atomic E-state index is 12.6. The zero-order chi connectivity index (χ0) is 16.7. The largest absolute Gasteiger partial charge is 0.416 e. The van der Waals surface area contributed by atoms with E-state index < -0.39 is 11.7 Å². The van der Waals surface area contributed by atoms with Gasteiger partial charge in [-0.05, 0) is 31.5 Å². The zero-order valence-corrected chi connectivity index (χ0v) is 13.3. The summed E-state index contributed by atoms with van der Waals surface area (Å²) in [6.45, 7) is 6.77. The molecule has 0 amide bonds. The second-order valence-electron chi connectivity index (χ2n) is 6.71. The molecule has 0 saturated carbocycles. The van der Waals surface area contributed by atoms with Crippen LogP contribution in [-0.4, -0.2) is 36.0 Å². The number of rotatable bonds is 3. The van der Waals surface area contributed by atoms with Crippen molar-refractivity contribution >= 4 is 6.34 Å². The van der Waals surface area contributed by atoms with Crippen LogP contribution in [0.4, 0.5) is 13.2 Å². The molecule has 1 aromatic rings. The molecule has 1 atom stereocenters. The van der Waals surface area contributed by atoms with Crippen molar-refractivity contribution in [1.82, 2.24) is 5.32 Å². The molecule has 23 heavy (non-hydrogen) atoms. The number of aliphatic imine (C=N–C) groups is 1. The van der Waals surface area contributed by atoms with Gasteiger partial charge in [0, 0.05) is 6.42 Å². The van der Waals surface area contributed by atoms with Gasteiger partial charge >= 0.3 is 6.18 Å². The van der Waals surface area contributed by atoms with Gasteiger partial charge in [-0.1, -0.05) is 12.1 Å². The Bertz CT molecular complexity index is 644. The van der Waals surface area contributed by atoms with Gasteiger partial charge in [-0.2, -0.15) is 13.2 Å². The number of quaternary nitrogens is 1. The van der Waals surface area contributed by atoms with Crippen LogP contribution < -0.4 is 5.32 Å². The summed E-state index contributed by atoms with van der Waals surface area (Å²) in [6.07, 6.45) is 0.484. The highest BCUT2D eigenvalue weighted by Gasteiger charge is 2.47. The minimum Gasteiger partial charge on any atom is -0.381 e. The SMILES string of the molecule is CC1(C)N=C[N+]2(CCc3ccc(C(F)(F)F)cc3)CCNC=C12. The van der Waals surface area contributed by atoms with Crippen molar-refractivity contribution in [2.24, 2.45) is 4.99 Å². The lowest BCUT2D eigenvalue weighted by Gasteiger charge is -2.37. The van der Waals surface area contributed by atoms with Crippen molar-refractivity contribution in [2.75, 3.05) is 19.6 Å². The van der Waals surface area contributed by atoms with Crippen molar-refractivity contribution in [2.45, 2.75) is 32.0 Å². The molecule has 0 aromatic heterocycles. The van der Waals surface area contributed by atoms with Gasteiger partial charge in [0.25, 0.3) is 0 Å². The van der Waals surface area contributed by atoms with E-state index in [1.807, 2.05) is 12.5 Å². The average Bonchev–Trinajstić information content (AvgIpc) is 2.78. The number of hydrogen-bond acceptors (Lipinski definition) is 2. The van der Waals surface area contributed by atoms with Gasteiger partial charge in [0.2, 0.25) is 0 Å². The summed E-state index contributed by atoms with van der Waals surface area (Å²) in [4.78, 5) is 4.63. The summed E-state index contributed by atoms with van der Waals surface area (Å²) < 4.78 is 38.6. The Morgan fingerprint density at radius 2 is 1.91 bits per heavy atom. The van der Waals surface area contributed by atoms with Crippen LogP contribution in [0, 0.1) is 0 Å². The van der Waals surface area contributed by atoms with E-state index in [0.717, 1.165) is 43.8 Å². The van der Waals surface area contributed by atoms with E-state index in [4.69, 9.17) is 0 Å². The highest BCUT2D eigenvalue weighted by Crippen LogP contribution is 2.36. The van der Waals surface area contributed by atoms with Gasteiger partial charge in [-0.15, -0.1) is 0 Å². The Hall–Kier alpha value is -1.82. The van der Waals surface area contributed by atoms with Crippen molar-refractivity contribution in [3.8, 4) is 0 Å². The minimum atomic E-state index is -4.28. The number of hydrogen-bond donors (Lipinski definition) is 1. The van der Waals surface area contributed by atoms with Crippen molar-refractivity contribution < 1.29 is 17.7 Å². The van der Waals surface area contributed by atoms with Gasteiger partial charge in [0.05, 0.1) is 24.9 Å². The summed E-state index contributed by atoms with van der Waals surface area (Å²) >= 11 is 0. The minimum absolute atomic E-state index is 0.229. The predicted octanol–water partition coefficient (Wildman–Crippen LogP) is 3.33. The second kappa shape index (κ2) is 5.37. The monoisotopic (exact) mass is 324 g/mol. The summed E-state index contributed by atoms with van der Waals surface area (Å²) in [6, 6.07) is 5.47. The summed E-state index contributed by atoms with van der Waals surface area (Å²) in [5, 5.41) is 3.28. The van der Waals surface area contributed by atoms with E-state index in [9.17, 15) is 13.2 Å². The lowest BCUT2D eigenvalue weighted by Crippen LogP contribution is -2.54. The normalized spacial score (nSPS) is 25.7. The first-order valence-electron chi connectivity index (χ1n) is 7.77. The fourth-order valence-corrected chi connectivity index (χ4v) is 3.32. The molecule has 0 bridgehead atoms. The molecule has 3 nitrogen and oxygen atoms in total. The molecule has 0 radical (unpaired) electrons. The molecule has 3 rings (SSSR count). The van der Waals surface area contributed by atoms with Crippen LogP contribution in [0.5, 0.6) is 0 Å². The lowest BCUT2D eigenvalue weighted by atomic mass is 9.99. The number of benzene rings is 1. The molecule has 6 heteroatoms. The fourth-order valence-electron chi connectivity index (χ4n) is 3.32. The van der Waals surface area contributed by atoms with Gasteiger partial charge in [0.1, 0.15) is 12.1 Å². The number of alkyl halides is 3. The van der Waals surface area contributed by atoms with E-state index in [-0.39, 0.29) is 5.54 Å². The second-order valence-corrected chi connectivity index (χ2v) is 6.71. The molecular weight excluding hydrogens is 303 g/mol.